The highest BCUT2D eigenvalue weighted by Gasteiger charge is 2.20. The fourth-order valence-electron chi connectivity index (χ4n) is 4.94. The topological polar surface area (TPSA) is 18.5 Å². The van der Waals surface area contributed by atoms with Crippen molar-refractivity contribution in [2.75, 3.05) is 13.2 Å². The molecule has 0 aromatic heterocycles. The molecule has 1 aliphatic rings. The van der Waals surface area contributed by atoms with E-state index in [-0.39, 0.29) is 0 Å². The van der Waals surface area contributed by atoms with Crippen molar-refractivity contribution in [3.63, 3.8) is 0 Å². The number of rotatable bonds is 18. The third-order valence-corrected chi connectivity index (χ3v) is 7.05. The molecule has 2 rings (SSSR count). The molecule has 1 aliphatic carbocycles. The quantitative estimate of drug-likeness (QED) is 0.216. The molecule has 1 aromatic rings. The van der Waals surface area contributed by atoms with E-state index in [1.165, 1.54) is 103 Å². The maximum absolute atomic E-state index is 5.97. The van der Waals surface area contributed by atoms with Crippen LogP contribution in [0.2, 0.25) is 0 Å². The molecule has 0 radical (unpaired) electrons. The highest BCUT2D eigenvalue weighted by Crippen LogP contribution is 2.34. The molecule has 1 aromatic carbocycles. The van der Waals surface area contributed by atoms with Crippen molar-refractivity contribution in [3.05, 3.63) is 24.3 Å². The molecule has 0 atom stereocenters. The summed E-state index contributed by atoms with van der Waals surface area (Å²) in [6, 6.07) is 8.20. The van der Waals surface area contributed by atoms with Gasteiger partial charge in [0.15, 0.2) is 0 Å². The molecular weight excluding hydrogens is 380 g/mol. The largest absolute Gasteiger partial charge is 0.494 e. The average molecular weight is 431 g/mol. The zero-order chi connectivity index (χ0) is 22.0. The molecule has 0 aliphatic heterocycles. The van der Waals surface area contributed by atoms with Gasteiger partial charge in [0, 0.05) is 0 Å². The average Bonchev–Trinajstić information content (AvgIpc) is 2.81. The third kappa shape index (κ3) is 12.4. The highest BCUT2D eigenvalue weighted by atomic mass is 16.5. The minimum Gasteiger partial charge on any atom is -0.494 e. The molecule has 0 amide bonds. The minimum atomic E-state index is 0.824. The summed E-state index contributed by atoms with van der Waals surface area (Å²) in [5, 5.41) is 0. The van der Waals surface area contributed by atoms with E-state index in [4.69, 9.17) is 9.47 Å². The normalized spacial score (nSPS) is 18.8. The van der Waals surface area contributed by atoms with Gasteiger partial charge in [0.25, 0.3) is 0 Å². The van der Waals surface area contributed by atoms with Crippen LogP contribution in [-0.4, -0.2) is 13.2 Å². The summed E-state index contributed by atoms with van der Waals surface area (Å²) in [7, 11) is 0. The summed E-state index contributed by atoms with van der Waals surface area (Å²) in [6.45, 7) is 6.22. The lowest BCUT2D eigenvalue weighted by atomic mass is 9.78. The van der Waals surface area contributed by atoms with Gasteiger partial charge in [-0.1, -0.05) is 104 Å². The Hall–Kier alpha value is -1.18. The van der Waals surface area contributed by atoms with Gasteiger partial charge in [-0.2, -0.15) is 0 Å². The molecule has 2 heteroatoms. The Kier molecular flexibility index (Phi) is 14.6. The first kappa shape index (κ1) is 26.1. The summed E-state index contributed by atoms with van der Waals surface area (Å²) in [4.78, 5) is 0. The van der Waals surface area contributed by atoms with Crippen molar-refractivity contribution in [1.29, 1.82) is 0 Å². The first-order chi connectivity index (χ1) is 15.3. The Bertz CT molecular complexity index is 516. The second-order valence-corrected chi connectivity index (χ2v) is 9.81. The smallest absolute Gasteiger partial charge is 0.119 e. The van der Waals surface area contributed by atoms with Gasteiger partial charge in [-0.05, 0) is 55.4 Å². The Morgan fingerprint density at radius 2 is 0.968 bits per heavy atom. The zero-order valence-corrected chi connectivity index (χ0v) is 20.7. The van der Waals surface area contributed by atoms with Gasteiger partial charge >= 0.3 is 0 Å². The lowest BCUT2D eigenvalue weighted by molar-refractivity contribution is 0.228. The van der Waals surface area contributed by atoms with Crippen molar-refractivity contribution >= 4 is 0 Å². The lowest BCUT2D eigenvalue weighted by Crippen LogP contribution is -2.15. The van der Waals surface area contributed by atoms with E-state index < -0.39 is 0 Å². The van der Waals surface area contributed by atoms with Crippen LogP contribution >= 0.6 is 0 Å². The number of ether oxygens (including phenoxy) is 2. The molecule has 0 saturated heterocycles. The van der Waals surface area contributed by atoms with E-state index in [0.29, 0.717) is 0 Å². The van der Waals surface area contributed by atoms with Crippen molar-refractivity contribution < 1.29 is 9.47 Å². The molecule has 0 unspecified atom stereocenters. The zero-order valence-electron chi connectivity index (χ0n) is 20.7. The number of benzene rings is 1. The van der Waals surface area contributed by atoms with Gasteiger partial charge in [0.05, 0.1) is 13.2 Å². The molecule has 2 nitrogen and oxygen atoms in total. The van der Waals surface area contributed by atoms with E-state index in [1.807, 2.05) is 12.1 Å². The van der Waals surface area contributed by atoms with Crippen LogP contribution in [0.25, 0.3) is 0 Å². The fraction of sp³-hybridized carbons (Fsp3) is 0.793. The maximum atomic E-state index is 5.97. The van der Waals surface area contributed by atoms with Crippen molar-refractivity contribution in [1.82, 2.24) is 0 Å². The molecular formula is C29H50O2. The van der Waals surface area contributed by atoms with Crippen molar-refractivity contribution in [2.45, 2.75) is 123 Å². The van der Waals surface area contributed by atoms with Gasteiger partial charge in [0.1, 0.15) is 11.5 Å². The van der Waals surface area contributed by atoms with Crippen LogP contribution in [0.3, 0.4) is 0 Å². The van der Waals surface area contributed by atoms with Crippen LogP contribution in [0.1, 0.15) is 123 Å². The van der Waals surface area contributed by atoms with Crippen LogP contribution < -0.4 is 9.47 Å². The van der Waals surface area contributed by atoms with Crippen molar-refractivity contribution in [2.24, 2.45) is 11.8 Å². The van der Waals surface area contributed by atoms with Gasteiger partial charge in [-0.3, -0.25) is 0 Å². The molecule has 0 heterocycles. The Morgan fingerprint density at radius 3 is 1.48 bits per heavy atom. The number of hydrogen-bond acceptors (Lipinski definition) is 2. The van der Waals surface area contributed by atoms with Gasteiger partial charge in [-0.25, -0.2) is 0 Å². The van der Waals surface area contributed by atoms with Gasteiger partial charge in [-0.15, -0.1) is 0 Å². The number of unbranched alkanes of at least 4 members (excludes halogenated alkanes) is 8. The molecule has 0 bridgehead atoms. The van der Waals surface area contributed by atoms with Crippen LogP contribution in [-0.2, 0) is 0 Å². The van der Waals surface area contributed by atoms with E-state index in [1.54, 1.807) is 0 Å². The summed E-state index contributed by atoms with van der Waals surface area (Å²) in [6.07, 6.45) is 23.4. The van der Waals surface area contributed by atoms with E-state index >= 15 is 0 Å². The Morgan fingerprint density at radius 1 is 0.548 bits per heavy atom. The molecule has 0 N–H and O–H groups in total. The second-order valence-electron chi connectivity index (χ2n) is 9.81. The minimum absolute atomic E-state index is 0.824. The molecule has 1 saturated carbocycles. The Balaban J connectivity index is 1.46. The summed E-state index contributed by atoms with van der Waals surface area (Å²) >= 11 is 0. The highest BCUT2D eigenvalue weighted by molar-refractivity contribution is 5.31. The SMILES string of the molecule is CCCCCCCOc1ccc(OCCCC2CCC(CCCCCCC)CC2)cc1. The second kappa shape index (κ2) is 17.4. The Labute approximate surface area is 193 Å². The molecule has 1 fully saturated rings. The van der Waals surface area contributed by atoms with Gasteiger partial charge in [0.2, 0.25) is 0 Å². The van der Waals surface area contributed by atoms with Crippen LogP contribution in [0.15, 0.2) is 24.3 Å². The van der Waals surface area contributed by atoms with Gasteiger partial charge < -0.3 is 9.47 Å². The summed E-state index contributed by atoms with van der Waals surface area (Å²) in [5.74, 6) is 3.89. The predicted molar refractivity (Wildman–Crippen MR) is 134 cm³/mol. The standard InChI is InChI=1S/C29H50O2/c1-3-5-7-9-11-14-26-16-18-27(19-17-26)15-13-25-31-29-22-20-28(21-23-29)30-24-12-10-8-6-4-2/h20-23,26-27H,3-19,24-25H2,1-2H3. The van der Waals surface area contributed by atoms with Crippen LogP contribution in [0.5, 0.6) is 11.5 Å². The van der Waals surface area contributed by atoms with Crippen LogP contribution in [0, 0.1) is 11.8 Å². The predicted octanol–water partition coefficient (Wildman–Crippen LogP) is 9.36. The first-order valence-electron chi connectivity index (χ1n) is 13.7. The summed E-state index contributed by atoms with van der Waals surface area (Å²) in [5.41, 5.74) is 0. The number of hydrogen-bond donors (Lipinski definition) is 0. The van der Waals surface area contributed by atoms with Crippen molar-refractivity contribution in [3.8, 4) is 11.5 Å². The fourth-order valence-corrected chi connectivity index (χ4v) is 4.94. The maximum Gasteiger partial charge on any atom is 0.119 e. The monoisotopic (exact) mass is 430 g/mol. The summed E-state index contributed by atoms with van der Waals surface area (Å²) < 4.78 is 11.8. The van der Waals surface area contributed by atoms with E-state index in [9.17, 15) is 0 Å². The molecule has 0 spiro atoms. The van der Waals surface area contributed by atoms with Crippen LogP contribution in [0.4, 0.5) is 0 Å². The first-order valence-corrected chi connectivity index (χ1v) is 13.7. The van der Waals surface area contributed by atoms with E-state index in [0.717, 1.165) is 43.0 Å². The lowest BCUT2D eigenvalue weighted by Gasteiger charge is -2.28. The van der Waals surface area contributed by atoms with E-state index in [2.05, 4.69) is 26.0 Å². The third-order valence-electron chi connectivity index (χ3n) is 7.05. The molecule has 31 heavy (non-hydrogen) atoms. The molecule has 178 valence electrons.